The van der Waals surface area contributed by atoms with E-state index in [0.29, 0.717) is 0 Å². The van der Waals surface area contributed by atoms with Gasteiger partial charge in [-0.25, -0.2) is 0 Å². The van der Waals surface area contributed by atoms with E-state index in [-0.39, 0.29) is 0 Å². The lowest BCUT2D eigenvalue weighted by Crippen LogP contribution is -1.73. The van der Waals surface area contributed by atoms with Crippen molar-refractivity contribution in [1.29, 1.82) is 0 Å². The van der Waals surface area contributed by atoms with Gasteiger partial charge in [-0.15, -0.1) is 0 Å². The third kappa shape index (κ3) is 1.61. The third-order valence-corrected chi connectivity index (χ3v) is 4.22. The van der Waals surface area contributed by atoms with Crippen LogP contribution in [0.1, 0.15) is 0 Å². The number of aromatic amines is 1. The van der Waals surface area contributed by atoms with Crippen LogP contribution in [0.25, 0.3) is 44.1 Å². The molecule has 0 aliphatic rings. The second-order valence-corrected chi connectivity index (χ2v) is 5.58. The molecule has 0 aliphatic heterocycles. The van der Waals surface area contributed by atoms with Gasteiger partial charge in [-0.05, 0) is 35.0 Å². The van der Waals surface area contributed by atoms with Crippen LogP contribution in [0, 0.1) is 0 Å². The van der Waals surface area contributed by atoms with E-state index in [2.05, 4.69) is 59.6 Å². The molecule has 0 radical (unpaired) electrons. The van der Waals surface area contributed by atoms with Crippen LogP contribution < -0.4 is 0 Å². The molecule has 0 amide bonds. The summed E-state index contributed by atoms with van der Waals surface area (Å²) in [6.45, 7) is 0. The molecule has 0 aliphatic carbocycles. The van der Waals surface area contributed by atoms with E-state index in [4.69, 9.17) is 4.42 Å². The molecule has 3 aromatic carbocycles. The fraction of sp³-hybridized carbons (Fsp3) is 0. The molecule has 5 aromatic rings. The molecule has 2 heteroatoms. The van der Waals surface area contributed by atoms with E-state index < -0.39 is 0 Å². The number of hydrogen-bond acceptors (Lipinski definition) is 1. The predicted molar refractivity (Wildman–Crippen MR) is 91.0 cm³/mol. The molecule has 104 valence electrons. The molecule has 2 heterocycles. The topological polar surface area (TPSA) is 28.9 Å². The molecule has 0 fully saturated rings. The van der Waals surface area contributed by atoms with Crippen molar-refractivity contribution in [2.45, 2.75) is 0 Å². The third-order valence-electron chi connectivity index (χ3n) is 4.22. The van der Waals surface area contributed by atoms with E-state index in [9.17, 15) is 0 Å². The largest absolute Gasteiger partial charge is 0.455 e. The number of furan rings is 1. The number of H-pyrrole nitrogens is 1. The Kier molecular flexibility index (Phi) is 2.25. The molecule has 2 aromatic heterocycles. The monoisotopic (exact) mass is 283 g/mol. The highest BCUT2D eigenvalue weighted by Gasteiger charge is 2.10. The maximum atomic E-state index is 5.96. The summed E-state index contributed by atoms with van der Waals surface area (Å²) in [5.74, 6) is 0.876. The van der Waals surface area contributed by atoms with Crippen molar-refractivity contribution in [3.63, 3.8) is 0 Å². The van der Waals surface area contributed by atoms with Gasteiger partial charge in [-0.3, -0.25) is 0 Å². The maximum Gasteiger partial charge on any atom is 0.151 e. The number of rotatable bonds is 1. The van der Waals surface area contributed by atoms with Crippen LogP contribution in [-0.2, 0) is 0 Å². The standard InChI is InChI=1S/C20H13NO/c1-3-7-15-13(5-1)9-10-17-16(15)12-18(21-17)20-11-14-6-2-4-8-19(14)22-20/h1-12,21H. The molecule has 0 unspecified atom stereocenters. The summed E-state index contributed by atoms with van der Waals surface area (Å²) in [5.41, 5.74) is 3.07. The summed E-state index contributed by atoms with van der Waals surface area (Å²) < 4.78 is 5.96. The van der Waals surface area contributed by atoms with Crippen molar-refractivity contribution >= 4 is 32.6 Å². The van der Waals surface area contributed by atoms with Crippen LogP contribution >= 0.6 is 0 Å². The van der Waals surface area contributed by atoms with Gasteiger partial charge in [-0.2, -0.15) is 0 Å². The summed E-state index contributed by atoms with van der Waals surface area (Å²) in [7, 11) is 0. The Balaban J connectivity index is 1.79. The van der Waals surface area contributed by atoms with Gasteiger partial charge in [0.1, 0.15) is 5.58 Å². The first-order valence-corrected chi connectivity index (χ1v) is 7.38. The minimum absolute atomic E-state index is 0.876. The van der Waals surface area contributed by atoms with Crippen molar-refractivity contribution in [2.75, 3.05) is 0 Å². The molecule has 0 bridgehead atoms. The summed E-state index contributed by atoms with van der Waals surface area (Å²) >= 11 is 0. The Morgan fingerprint density at radius 2 is 1.50 bits per heavy atom. The van der Waals surface area contributed by atoms with Crippen LogP contribution in [-0.4, -0.2) is 4.98 Å². The summed E-state index contributed by atoms with van der Waals surface area (Å²) in [4.78, 5) is 3.47. The van der Waals surface area contributed by atoms with E-state index >= 15 is 0 Å². The highest BCUT2D eigenvalue weighted by Crippen LogP contribution is 2.32. The number of para-hydroxylation sites is 1. The van der Waals surface area contributed by atoms with Gasteiger partial charge in [0.15, 0.2) is 5.76 Å². The molecule has 22 heavy (non-hydrogen) atoms. The highest BCUT2D eigenvalue weighted by atomic mass is 16.3. The van der Waals surface area contributed by atoms with Gasteiger partial charge in [0.05, 0.1) is 5.69 Å². The second kappa shape index (κ2) is 4.25. The first kappa shape index (κ1) is 11.6. The summed E-state index contributed by atoms with van der Waals surface area (Å²) in [6, 6.07) is 25.1. The Bertz CT molecular complexity index is 1100. The van der Waals surface area contributed by atoms with Crippen LogP contribution in [0.3, 0.4) is 0 Å². The first-order chi connectivity index (χ1) is 10.9. The number of nitrogens with one attached hydrogen (secondary N) is 1. The zero-order valence-electron chi connectivity index (χ0n) is 11.8. The average molecular weight is 283 g/mol. The number of benzene rings is 3. The quantitative estimate of drug-likeness (QED) is 0.418. The molecule has 0 saturated heterocycles. The lowest BCUT2D eigenvalue weighted by atomic mass is 10.1. The minimum Gasteiger partial charge on any atom is -0.455 e. The predicted octanol–water partition coefficient (Wildman–Crippen LogP) is 5.73. The Labute approximate surface area is 127 Å². The van der Waals surface area contributed by atoms with Crippen molar-refractivity contribution < 1.29 is 4.42 Å². The van der Waals surface area contributed by atoms with Gasteiger partial charge in [0.2, 0.25) is 0 Å². The van der Waals surface area contributed by atoms with Gasteiger partial charge >= 0.3 is 0 Å². The highest BCUT2D eigenvalue weighted by molar-refractivity contribution is 6.08. The van der Waals surface area contributed by atoms with E-state index in [1.165, 1.54) is 16.2 Å². The Morgan fingerprint density at radius 1 is 0.682 bits per heavy atom. The average Bonchev–Trinajstić information content (AvgIpc) is 3.18. The zero-order valence-corrected chi connectivity index (χ0v) is 11.8. The summed E-state index contributed by atoms with van der Waals surface area (Å²) in [5, 5.41) is 4.87. The molecular formula is C20H13NO. The van der Waals surface area contributed by atoms with Gasteiger partial charge < -0.3 is 9.40 Å². The fourth-order valence-corrected chi connectivity index (χ4v) is 3.13. The van der Waals surface area contributed by atoms with E-state index in [0.717, 1.165) is 27.9 Å². The van der Waals surface area contributed by atoms with Gasteiger partial charge in [-0.1, -0.05) is 48.5 Å². The molecule has 5 rings (SSSR count). The van der Waals surface area contributed by atoms with Crippen LogP contribution in [0.2, 0.25) is 0 Å². The van der Waals surface area contributed by atoms with Crippen molar-refractivity contribution in [2.24, 2.45) is 0 Å². The van der Waals surface area contributed by atoms with Crippen molar-refractivity contribution in [1.82, 2.24) is 4.98 Å². The lowest BCUT2D eigenvalue weighted by molar-refractivity contribution is 0.629. The molecule has 0 saturated carbocycles. The first-order valence-electron chi connectivity index (χ1n) is 7.38. The van der Waals surface area contributed by atoms with Crippen molar-refractivity contribution in [3.8, 4) is 11.5 Å². The van der Waals surface area contributed by atoms with Gasteiger partial charge in [0.25, 0.3) is 0 Å². The molecule has 0 spiro atoms. The normalized spacial score (nSPS) is 11.6. The van der Waals surface area contributed by atoms with E-state index in [1.807, 2.05) is 18.2 Å². The smallest absolute Gasteiger partial charge is 0.151 e. The Hall–Kier alpha value is -3.00. The van der Waals surface area contributed by atoms with Gasteiger partial charge in [0, 0.05) is 16.3 Å². The fourth-order valence-electron chi connectivity index (χ4n) is 3.13. The second-order valence-electron chi connectivity index (χ2n) is 5.58. The van der Waals surface area contributed by atoms with Crippen LogP contribution in [0.5, 0.6) is 0 Å². The lowest BCUT2D eigenvalue weighted by Gasteiger charge is -1.97. The summed E-state index contributed by atoms with van der Waals surface area (Å²) in [6.07, 6.45) is 0. The van der Waals surface area contributed by atoms with Crippen LogP contribution in [0.15, 0.2) is 77.2 Å². The SMILES string of the molecule is c1ccc2oc(-c3cc4c(ccc5ccccc54)[nH]3)cc2c1. The number of hydrogen-bond donors (Lipinski definition) is 1. The zero-order chi connectivity index (χ0) is 14.5. The maximum absolute atomic E-state index is 5.96. The minimum atomic E-state index is 0.876. The van der Waals surface area contributed by atoms with E-state index in [1.54, 1.807) is 0 Å². The molecule has 2 nitrogen and oxygen atoms in total. The molecular weight excluding hydrogens is 270 g/mol. The molecule has 1 N–H and O–H groups in total. The van der Waals surface area contributed by atoms with Crippen molar-refractivity contribution in [3.05, 3.63) is 72.8 Å². The number of fused-ring (bicyclic) bond motifs is 4. The molecule has 0 atom stereocenters. The Morgan fingerprint density at radius 3 is 2.41 bits per heavy atom. The van der Waals surface area contributed by atoms with Crippen LogP contribution in [0.4, 0.5) is 0 Å². The number of aromatic nitrogens is 1.